The highest BCUT2D eigenvalue weighted by Crippen LogP contribution is 2.06. The van der Waals surface area contributed by atoms with Gasteiger partial charge >= 0.3 is 12.0 Å². The molecule has 0 aromatic heterocycles. The van der Waals surface area contributed by atoms with Gasteiger partial charge in [0.1, 0.15) is 6.04 Å². The van der Waals surface area contributed by atoms with Crippen LogP contribution < -0.4 is 5.32 Å². The van der Waals surface area contributed by atoms with Crippen LogP contribution in [0.3, 0.4) is 0 Å². The molecule has 0 heterocycles. The number of aliphatic carboxylic acids is 1. The average molecular weight is 285 g/mol. The van der Waals surface area contributed by atoms with E-state index in [2.05, 4.69) is 5.32 Å². The van der Waals surface area contributed by atoms with Crippen LogP contribution in [0.2, 0.25) is 0 Å². The number of carboxylic acids is 1. The van der Waals surface area contributed by atoms with Crippen molar-refractivity contribution in [3.8, 4) is 6.07 Å². The summed E-state index contributed by atoms with van der Waals surface area (Å²) in [6.07, 6.45) is 0.552. The highest BCUT2D eigenvalue weighted by atomic mass is 16.5. The van der Waals surface area contributed by atoms with Crippen molar-refractivity contribution in [1.82, 2.24) is 10.2 Å². The van der Waals surface area contributed by atoms with Crippen LogP contribution in [0.25, 0.3) is 0 Å². The predicted molar refractivity (Wildman–Crippen MR) is 73.1 cm³/mol. The minimum Gasteiger partial charge on any atom is -0.480 e. The third-order valence-electron chi connectivity index (χ3n) is 2.65. The van der Waals surface area contributed by atoms with Gasteiger partial charge < -0.3 is 20.1 Å². The molecule has 0 bridgehead atoms. The van der Waals surface area contributed by atoms with Gasteiger partial charge in [0.15, 0.2) is 0 Å². The van der Waals surface area contributed by atoms with E-state index in [1.807, 2.05) is 19.9 Å². The molecule has 0 aliphatic heterocycles. The quantitative estimate of drug-likeness (QED) is 0.659. The van der Waals surface area contributed by atoms with Crippen molar-refractivity contribution in [2.24, 2.45) is 5.92 Å². The van der Waals surface area contributed by atoms with E-state index in [0.29, 0.717) is 19.6 Å². The number of nitrogens with zero attached hydrogens (tertiary/aromatic N) is 2. The van der Waals surface area contributed by atoms with E-state index in [1.165, 1.54) is 12.0 Å². The van der Waals surface area contributed by atoms with Crippen molar-refractivity contribution in [2.45, 2.75) is 32.7 Å². The molecule has 0 aliphatic carbocycles. The molecule has 20 heavy (non-hydrogen) atoms. The lowest BCUT2D eigenvalue weighted by Gasteiger charge is -2.24. The second-order valence-electron chi connectivity index (χ2n) is 4.86. The molecule has 0 fully saturated rings. The van der Waals surface area contributed by atoms with Gasteiger partial charge in [-0.1, -0.05) is 13.8 Å². The minimum absolute atomic E-state index is 0.155. The van der Waals surface area contributed by atoms with Crippen LogP contribution in [-0.2, 0) is 9.53 Å². The molecule has 0 aliphatic rings. The summed E-state index contributed by atoms with van der Waals surface area (Å²) in [5.74, 6) is -0.901. The molecule has 0 aromatic rings. The zero-order valence-electron chi connectivity index (χ0n) is 12.3. The SMILES string of the molecule is COCCN(CCC#N)C(=O)N[C@H](CC(C)C)C(=O)O. The van der Waals surface area contributed by atoms with E-state index in [9.17, 15) is 9.59 Å². The Morgan fingerprint density at radius 3 is 2.50 bits per heavy atom. The van der Waals surface area contributed by atoms with Gasteiger partial charge in [0.2, 0.25) is 0 Å². The van der Waals surface area contributed by atoms with Gasteiger partial charge in [-0.05, 0) is 12.3 Å². The Bertz CT molecular complexity index is 352. The monoisotopic (exact) mass is 285 g/mol. The fourth-order valence-electron chi connectivity index (χ4n) is 1.63. The summed E-state index contributed by atoms with van der Waals surface area (Å²) in [4.78, 5) is 24.5. The molecule has 0 radical (unpaired) electrons. The first kappa shape index (κ1) is 18.2. The van der Waals surface area contributed by atoms with Gasteiger partial charge in [-0.25, -0.2) is 9.59 Å². The van der Waals surface area contributed by atoms with E-state index in [0.717, 1.165) is 0 Å². The Morgan fingerprint density at radius 1 is 1.40 bits per heavy atom. The maximum Gasteiger partial charge on any atom is 0.326 e. The number of hydrogen-bond acceptors (Lipinski definition) is 4. The molecule has 2 amide bonds. The number of methoxy groups -OCH3 is 1. The highest BCUT2D eigenvalue weighted by molar-refractivity contribution is 5.82. The van der Waals surface area contributed by atoms with Crippen molar-refractivity contribution in [3.63, 3.8) is 0 Å². The largest absolute Gasteiger partial charge is 0.480 e. The Labute approximate surface area is 119 Å². The van der Waals surface area contributed by atoms with Crippen molar-refractivity contribution in [1.29, 1.82) is 5.26 Å². The third kappa shape index (κ3) is 7.59. The normalized spacial score (nSPS) is 11.8. The number of hydrogen-bond donors (Lipinski definition) is 2. The number of ether oxygens (including phenoxy) is 1. The third-order valence-corrected chi connectivity index (χ3v) is 2.65. The smallest absolute Gasteiger partial charge is 0.326 e. The van der Waals surface area contributed by atoms with Gasteiger partial charge in [0, 0.05) is 20.2 Å². The van der Waals surface area contributed by atoms with Crippen LogP contribution in [0.15, 0.2) is 0 Å². The number of carbonyl (C=O) groups is 2. The van der Waals surface area contributed by atoms with Crippen LogP contribution in [-0.4, -0.2) is 54.9 Å². The van der Waals surface area contributed by atoms with E-state index in [4.69, 9.17) is 15.1 Å². The second kappa shape index (κ2) is 10.0. The van der Waals surface area contributed by atoms with Crippen molar-refractivity contribution in [2.75, 3.05) is 26.8 Å². The van der Waals surface area contributed by atoms with Gasteiger partial charge in [-0.15, -0.1) is 0 Å². The Hall–Kier alpha value is -1.81. The molecule has 0 spiro atoms. The molecule has 0 saturated carbocycles. The van der Waals surface area contributed by atoms with Crippen LogP contribution in [0.4, 0.5) is 4.79 Å². The summed E-state index contributed by atoms with van der Waals surface area (Å²) in [5, 5.41) is 20.2. The van der Waals surface area contributed by atoms with E-state index in [1.54, 1.807) is 0 Å². The Kier molecular flexibility index (Phi) is 9.13. The summed E-state index contributed by atoms with van der Waals surface area (Å²) in [5.41, 5.74) is 0. The van der Waals surface area contributed by atoms with Crippen LogP contribution >= 0.6 is 0 Å². The molecular weight excluding hydrogens is 262 g/mol. The summed E-state index contributed by atoms with van der Waals surface area (Å²) >= 11 is 0. The van der Waals surface area contributed by atoms with Crippen LogP contribution in [0, 0.1) is 17.2 Å². The number of rotatable bonds is 9. The van der Waals surface area contributed by atoms with Crippen molar-refractivity contribution >= 4 is 12.0 Å². The molecule has 2 N–H and O–H groups in total. The number of amides is 2. The summed E-state index contributed by atoms with van der Waals surface area (Å²) in [6, 6.07) is 0.556. The standard InChI is InChI=1S/C13H23N3O4/c1-10(2)9-11(12(17)18)15-13(19)16(6-4-5-14)7-8-20-3/h10-11H,4,6-9H2,1-3H3,(H,15,19)(H,17,18)/t11-/m1/s1. The fraction of sp³-hybridized carbons (Fsp3) is 0.769. The molecule has 0 saturated heterocycles. The first-order chi connectivity index (χ1) is 9.42. The maximum atomic E-state index is 12.0. The van der Waals surface area contributed by atoms with E-state index in [-0.39, 0.29) is 18.9 Å². The fourth-order valence-corrected chi connectivity index (χ4v) is 1.63. The van der Waals surface area contributed by atoms with Gasteiger partial charge in [-0.3, -0.25) is 0 Å². The lowest BCUT2D eigenvalue weighted by atomic mass is 10.0. The number of nitrogens with one attached hydrogen (secondary N) is 1. The first-order valence-corrected chi connectivity index (χ1v) is 6.56. The number of carbonyl (C=O) groups excluding carboxylic acids is 1. The molecule has 1 atom stereocenters. The Balaban J connectivity index is 4.60. The zero-order chi connectivity index (χ0) is 15.5. The maximum absolute atomic E-state index is 12.0. The van der Waals surface area contributed by atoms with Crippen molar-refractivity contribution in [3.05, 3.63) is 0 Å². The lowest BCUT2D eigenvalue weighted by Crippen LogP contribution is -2.49. The molecule has 0 aromatic carbocycles. The topological polar surface area (TPSA) is 103 Å². The molecule has 7 nitrogen and oxygen atoms in total. The van der Waals surface area contributed by atoms with Crippen LogP contribution in [0.1, 0.15) is 26.7 Å². The second-order valence-corrected chi connectivity index (χ2v) is 4.86. The zero-order valence-corrected chi connectivity index (χ0v) is 12.3. The lowest BCUT2D eigenvalue weighted by molar-refractivity contribution is -0.139. The Morgan fingerprint density at radius 2 is 2.05 bits per heavy atom. The molecule has 0 rings (SSSR count). The van der Waals surface area contributed by atoms with Gasteiger partial charge in [0.25, 0.3) is 0 Å². The number of carboxylic acid groups (broad SMARTS) is 1. The summed E-state index contributed by atoms with van der Waals surface area (Å²) in [6.45, 7) is 4.68. The predicted octanol–water partition coefficient (Wildman–Crippen LogP) is 1.06. The molecule has 114 valence electrons. The summed E-state index contributed by atoms with van der Waals surface area (Å²) < 4.78 is 4.90. The molecular formula is C13H23N3O4. The van der Waals surface area contributed by atoms with Crippen LogP contribution in [0.5, 0.6) is 0 Å². The van der Waals surface area contributed by atoms with Gasteiger partial charge in [-0.2, -0.15) is 5.26 Å². The molecule has 7 heteroatoms. The first-order valence-electron chi connectivity index (χ1n) is 6.56. The molecule has 0 unspecified atom stereocenters. The van der Waals surface area contributed by atoms with Gasteiger partial charge in [0.05, 0.1) is 19.1 Å². The van der Waals surface area contributed by atoms with Crippen molar-refractivity contribution < 1.29 is 19.4 Å². The average Bonchev–Trinajstić information content (AvgIpc) is 2.37. The van der Waals surface area contributed by atoms with E-state index >= 15 is 0 Å². The summed E-state index contributed by atoms with van der Waals surface area (Å²) in [7, 11) is 1.51. The highest BCUT2D eigenvalue weighted by Gasteiger charge is 2.23. The van der Waals surface area contributed by atoms with E-state index < -0.39 is 18.0 Å². The number of urea groups is 1. The minimum atomic E-state index is -1.06. The number of nitriles is 1.